The van der Waals surface area contributed by atoms with E-state index in [1.807, 2.05) is 37.8 Å². The SMILES string of the molecule is C[C@@H]1CO[C@H](c2cccc(Cl)c2)CN1Cc1cncn1C. The molecule has 112 valence electrons. The number of ether oxygens (including phenoxy) is 1. The maximum Gasteiger partial charge on any atom is 0.0953 e. The highest BCUT2D eigenvalue weighted by Crippen LogP contribution is 2.27. The summed E-state index contributed by atoms with van der Waals surface area (Å²) in [5, 5.41) is 0.757. The second-order valence-electron chi connectivity index (χ2n) is 5.65. The summed E-state index contributed by atoms with van der Waals surface area (Å²) in [6.45, 7) is 4.68. The Morgan fingerprint density at radius 3 is 3.00 bits per heavy atom. The van der Waals surface area contributed by atoms with E-state index in [0.717, 1.165) is 30.3 Å². The lowest BCUT2D eigenvalue weighted by atomic mass is 10.1. The van der Waals surface area contributed by atoms with E-state index < -0.39 is 0 Å². The van der Waals surface area contributed by atoms with Gasteiger partial charge in [-0.1, -0.05) is 23.7 Å². The normalized spacial score (nSPS) is 23.4. The van der Waals surface area contributed by atoms with Crippen LogP contribution in [0.15, 0.2) is 36.8 Å². The van der Waals surface area contributed by atoms with Gasteiger partial charge in [0.1, 0.15) is 0 Å². The summed E-state index contributed by atoms with van der Waals surface area (Å²) in [4.78, 5) is 6.63. The molecule has 2 heterocycles. The average molecular weight is 306 g/mol. The number of halogens is 1. The van der Waals surface area contributed by atoms with Crippen molar-refractivity contribution in [2.45, 2.75) is 25.6 Å². The molecule has 0 N–H and O–H groups in total. The van der Waals surface area contributed by atoms with Crippen LogP contribution in [0.4, 0.5) is 0 Å². The Labute approximate surface area is 130 Å². The van der Waals surface area contributed by atoms with Gasteiger partial charge in [0.05, 0.1) is 24.7 Å². The van der Waals surface area contributed by atoms with E-state index in [1.165, 1.54) is 5.69 Å². The Bertz CT molecular complexity index is 613. The zero-order valence-corrected chi connectivity index (χ0v) is 13.1. The van der Waals surface area contributed by atoms with Gasteiger partial charge in [-0.15, -0.1) is 0 Å². The van der Waals surface area contributed by atoms with Crippen LogP contribution < -0.4 is 0 Å². The summed E-state index contributed by atoms with van der Waals surface area (Å²) >= 11 is 6.08. The molecule has 0 radical (unpaired) electrons. The van der Waals surface area contributed by atoms with Crippen LogP contribution in [0.1, 0.15) is 24.3 Å². The summed E-state index contributed by atoms with van der Waals surface area (Å²) in [6, 6.07) is 8.34. The van der Waals surface area contributed by atoms with Crippen molar-refractivity contribution in [3.8, 4) is 0 Å². The molecule has 1 fully saturated rings. The number of hydrogen-bond donors (Lipinski definition) is 0. The van der Waals surface area contributed by atoms with Gasteiger partial charge in [0.15, 0.2) is 0 Å². The number of morpholine rings is 1. The molecule has 0 saturated carbocycles. The van der Waals surface area contributed by atoms with Crippen LogP contribution in [-0.4, -0.2) is 33.6 Å². The zero-order chi connectivity index (χ0) is 14.8. The fourth-order valence-electron chi connectivity index (χ4n) is 2.68. The molecule has 0 spiro atoms. The topological polar surface area (TPSA) is 30.3 Å². The van der Waals surface area contributed by atoms with E-state index >= 15 is 0 Å². The molecule has 0 aliphatic carbocycles. The van der Waals surface area contributed by atoms with Gasteiger partial charge >= 0.3 is 0 Å². The molecule has 0 bridgehead atoms. The quantitative estimate of drug-likeness (QED) is 0.873. The average Bonchev–Trinajstić information content (AvgIpc) is 2.87. The zero-order valence-electron chi connectivity index (χ0n) is 12.4. The van der Waals surface area contributed by atoms with Crippen molar-refractivity contribution >= 4 is 11.6 Å². The molecule has 3 rings (SSSR count). The molecule has 2 atom stereocenters. The molecule has 5 heteroatoms. The highest BCUT2D eigenvalue weighted by molar-refractivity contribution is 6.30. The van der Waals surface area contributed by atoms with E-state index in [9.17, 15) is 0 Å². The molecule has 0 amide bonds. The number of nitrogens with zero attached hydrogens (tertiary/aromatic N) is 3. The Hall–Kier alpha value is -1.36. The number of imidazole rings is 1. The predicted molar refractivity (Wildman–Crippen MR) is 83.2 cm³/mol. The third-order valence-electron chi connectivity index (χ3n) is 4.06. The fourth-order valence-corrected chi connectivity index (χ4v) is 2.88. The second kappa shape index (κ2) is 6.18. The van der Waals surface area contributed by atoms with Gasteiger partial charge in [0.25, 0.3) is 0 Å². The summed E-state index contributed by atoms with van der Waals surface area (Å²) in [5.41, 5.74) is 2.36. The molecular weight excluding hydrogens is 286 g/mol. The summed E-state index contributed by atoms with van der Waals surface area (Å²) in [7, 11) is 2.03. The summed E-state index contributed by atoms with van der Waals surface area (Å²) in [6.07, 6.45) is 3.85. The lowest BCUT2D eigenvalue weighted by molar-refractivity contribution is -0.0639. The minimum Gasteiger partial charge on any atom is -0.371 e. The number of rotatable bonds is 3. The van der Waals surface area contributed by atoms with Gasteiger partial charge in [0, 0.05) is 37.4 Å². The maximum atomic E-state index is 6.08. The second-order valence-corrected chi connectivity index (χ2v) is 6.09. The lowest BCUT2D eigenvalue weighted by Crippen LogP contribution is -2.44. The van der Waals surface area contributed by atoms with Crippen molar-refractivity contribution in [1.82, 2.24) is 14.5 Å². The fraction of sp³-hybridized carbons (Fsp3) is 0.438. The van der Waals surface area contributed by atoms with Crippen LogP contribution in [0.3, 0.4) is 0 Å². The minimum absolute atomic E-state index is 0.0770. The summed E-state index contributed by atoms with van der Waals surface area (Å²) < 4.78 is 8.05. The molecular formula is C16H20ClN3O. The van der Waals surface area contributed by atoms with E-state index in [-0.39, 0.29) is 6.10 Å². The first-order valence-corrected chi connectivity index (χ1v) is 7.57. The van der Waals surface area contributed by atoms with Crippen molar-refractivity contribution in [2.24, 2.45) is 7.05 Å². The molecule has 21 heavy (non-hydrogen) atoms. The summed E-state index contributed by atoms with van der Waals surface area (Å²) in [5.74, 6) is 0. The van der Waals surface area contributed by atoms with Crippen molar-refractivity contribution in [1.29, 1.82) is 0 Å². The predicted octanol–water partition coefficient (Wildman–Crippen LogP) is 3.04. The number of aryl methyl sites for hydroxylation is 1. The molecule has 0 unspecified atom stereocenters. The maximum absolute atomic E-state index is 6.08. The van der Waals surface area contributed by atoms with Crippen molar-refractivity contribution < 1.29 is 4.74 Å². The molecule has 1 aromatic heterocycles. The first-order chi connectivity index (χ1) is 10.1. The smallest absolute Gasteiger partial charge is 0.0953 e. The molecule has 1 aliphatic heterocycles. The van der Waals surface area contributed by atoms with Crippen LogP contribution in [0.5, 0.6) is 0 Å². The molecule has 2 aromatic rings. The Morgan fingerprint density at radius 1 is 1.43 bits per heavy atom. The van der Waals surface area contributed by atoms with Gasteiger partial charge in [0.2, 0.25) is 0 Å². The third kappa shape index (κ3) is 3.28. The molecule has 1 aromatic carbocycles. The molecule has 4 nitrogen and oxygen atoms in total. The van der Waals surface area contributed by atoms with Crippen LogP contribution in [0.25, 0.3) is 0 Å². The van der Waals surface area contributed by atoms with Gasteiger partial charge in [-0.05, 0) is 24.6 Å². The highest BCUT2D eigenvalue weighted by Gasteiger charge is 2.27. The minimum atomic E-state index is 0.0770. The first-order valence-electron chi connectivity index (χ1n) is 7.20. The number of hydrogen-bond acceptors (Lipinski definition) is 3. The van der Waals surface area contributed by atoms with Crippen molar-refractivity contribution in [3.05, 3.63) is 53.1 Å². The molecule has 1 aliphatic rings. The van der Waals surface area contributed by atoms with Crippen molar-refractivity contribution in [3.63, 3.8) is 0 Å². The Kier molecular flexibility index (Phi) is 4.29. The van der Waals surface area contributed by atoms with Gasteiger partial charge in [-0.3, -0.25) is 4.90 Å². The van der Waals surface area contributed by atoms with Gasteiger partial charge in [-0.2, -0.15) is 0 Å². The van der Waals surface area contributed by atoms with Crippen LogP contribution in [0, 0.1) is 0 Å². The van der Waals surface area contributed by atoms with Gasteiger partial charge < -0.3 is 9.30 Å². The standard InChI is InChI=1S/C16H20ClN3O/c1-12-10-21-16(13-4-3-5-14(17)6-13)9-20(12)8-15-7-18-11-19(15)2/h3-7,11-12,16H,8-10H2,1-2H3/t12-,16+/m1/s1. The number of benzene rings is 1. The van der Waals surface area contributed by atoms with Crippen LogP contribution in [-0.2, 0) is 18.3 Å². The van der Waals surface area contributed by atoms with Gasteiger partial charge in [-0.25, -0.2) is 4.98 Å². The van der Waals surface area contributed by atoms with Crippen LogP contribution >= 0.6 is 11.6 Å². The third-order valence-corrected chi connectivity index (χ3v) is 4.30. The van der Waals surface area contributed by atoms with E-state index in [0.29, 0.717) is 6.04 Å². The van der Waals surface area contributed by atoms with Crippen molar-refractivity contribution in [2.75, 3.05) is 13.2 Å². The van der Waals surface area contributed by atoms with E-state index in [1.54, 1.807) is 0 Å². The monoisotopic (exact) mass is 305 g/mol. The van der Waals surface area contributed by atoms with E-state index in [2.05, 4.69) is 27.4 Å². The van der Waals surface area contributed by atoms with Crippen LogP contribution in [0.2, 0.25) is 5.02 Å². The number of aromatic nitrogens is 2. The Balaban J connectivity index is 1.74. The lowest BCUT2D eigenvalue weighted by Gasteiger charge is -2.38. The largest absolute Gasteiger partial charge is 0.371 e. The molecule has 1 saturated heterocycles. The Morgan fingerprint density at radius 2 is 2.29 bits per heavy atom. The highest BCUT2D eigenvalue weighted by atomic mass is 35.5. The first kappa shape index (κ1) is 14.6. The van der Waals surface area contributed by atoms with E-state index in [4.69, 9.17) is 16.3 Å².